The number of carbonyl (C=O) groups is 1. The van der Waals surface area contributed by atoms with Gasteiger partial charge >= 0.3 is 6.09 Å². The number of carboxylic acid groups (broad SMARTS) is 1. The van der Waals surface area contributed by atoms with E-state index in [-0.39, 0.29) is 0 Å². The Morgan fingerprint density at radius 3 is 2.92 bits per heavy atom. The van der Waals surface area contributed by atoms with Crippen LogP contribution in [0.15, 0.2) is 22.9 Å². The molecule has 1 N–H and O–H groups in total. The Morgan fingerprint density at radius 2 is 2.46 bits per heavy atom. The number of aromatic nitrogens is 1. The molecule has 70 valence electrons. The predicted molar refractivity (Wildman–Crippen MR) is 53.0 cm³/mol. The number of pyridine rings is 1. The minimum atomic E-state index is -0.976. The fourth-order valence-corrected chi connectivity index (χ4v) is 1.45. The molecule has 0 fully saturated rings. The molecule has 0 aromatic carbocycles. The molecule has 1 aromatic heterocycles. The monoisotopic (exact) mass is 244 g/mol. The number of halogens is 1. The average Bonchev–Trinajstić information content (AvgIpc) is 2.09. The molecule has 0 spiro atoms. The molecule has 0 atom stereocenters. The van der Waals surface area contributed by atoms with Crippen LogP contribution in [0, 0.1) is 0 Å². The number of anilines is 1. The Hall–Kier alpha value is -1.10. The fourth-order valence-electron chi connectivity index (χ4n) is 0.988. The standard InChI is InChI=1S/C8H9BrN2O2/c1-2-11(8(12)13)6-4-3-5-10-7(6)9/h3-5H,2H2,1H3,(H,12,13). The Labute approximate surface area is 84.3 Å². The lowest BCUT2D eigenvalue weighted by Gasteiger charge is -2.17. The zero-order chi connectivity index (χ0) is 9.84. The van der Waals surface area contributed by atoms with Gasteiger partial charge in [0, 0.05) is 12.7 Å². The van der Waals surface area contributed by atoms with Crippen molar-refractivity contribution in [2.24, 2.45) is 0 Å². The predicted octanol–water partition coefficient (Wildman–Crippen LogP) is 2.35. The highest BCUT2D eigenvalue weighted by molar-refractivity contribution is 9.10. The van der Waals surface area contributed by atoms with Crippen LogP contribution in [-0.2, 0) is 0 Å². The number of hydrogen-bond donors (Lipinski definition) is 1. The van der Waals surface area contributed by atoms with Gasteiger partial charge in [-0.3, -0.25) is 4.90 Å². The zero-order valence-corrected chi connectivity index (χ0v) is 8.65. The van der Waals surface area contributed by atoms with Crippen molar-refractivity contribution >= 4 is 27.7 Å². The molecular formula is C8H9BrN2O2. The number of amides is 1. The van der Waals surface area contributed by atoms with E-state index in [9.17, 15) is 4.79 Å². The van der Waals surface area contributed by atoms with Crippen LogP contribution in [0.1, 0.15) is 6.92 Å². The lowest BCUT2D eigenvalue weighted by Crippen LogP contribution is -2.29. The van der Waals surface area contributed by atoms with Crippen LogP contribution < -0.4 is 4.90 Å². The van der Waals surface area contributed by atoms with Crippen molar-refractivity contribution in [1.29, 1.82) is 0 Å². The summed E-state index contributed by atoms with van der Waals surface area (Å²) in [5, 5.41) is 8.83. The van der Waals surface area contributed by atoms with Gasteiger partial charge in [0.05, 0.1) is 5.69 Å². The Balaban J connectivity index is 3.04. The van der Waals surface area contributed by atoms with Gasteiger partial charge < -0.3 is 5.11 Å². The average molecular weight is 245 g/mol. The first-order valence-corrected chi connectivity index (χ1v) is 4.57. The Morgan fingerprint density at radius 1 is 1.77 bits per heavy atom. The molecule has 0 aliphatic carbocycles. The second kappa shape index (κ2) is 4.23. The first kappa shape index (κ1) is 9.98. The molecule has 0 bridgehead atoms. The first-order valence-electron chi connectivity index (χ1n) is 3.77. The molecule has 0 unspecified atom stereocenters. The summed E-state index contributed by atoms with van der Waals surface area (Å²) in [6, 6.07) is 3.40. The normalized spacial score (nSPS) is 9.69. The first-order chi connectivity index (χ1) is 6.16. The van der Waals surface area contributed by atoms with Gasteiger partial charge in [-0.1, -0.05) is 0 Å². The van der Waals surface area contributed by atoms with Crippen molar-refractivity contribution in [1.82, 2.24) is 4.98 Å². The highest BCUT2D eigenvalue weighted by atomic mass is 79.9. The summed E-state index contributed by atoms with van der Waals surface area (Å²) in [4.78, 5) is 15.9. The molecule has 13 heavy (non-hydrogen) atoms. The van der Waals surface area contributed by atoms with E-state index in [2.05, 4.69) is 20.9 Å². The quantitative estimate of drug-likeness (QED) is 0.813. The van der Waals surface area contributed by atoms with Crippen molar-refractivity contribution in [2.75, 3.05) is 11.4 Å². The van der Waals surface area contributed by atoms with Gasteiger partial charge in [0.2, 0.25) is 0 Å². The van der Waals surface area contributed by atoms with Crippen LogP contribution in [0.3, 0.4) is 0 Å². The molecule has 0 radical (unpaired) electrons. The van der Waals surface area contributed by atoms with Crippen LogP contribution in [0.25, 0.3) is 0 Å². The molecule has 4 nitrogen and oxygen atoms in total. The van der Waals surface area contributed by atoms with Crippen molar-refractivity contribution in [3.05, 3.63) is 22.9 Å². The maximum atomic E-state index is 10.8. The van der Waals surface area contributed by atoms with E-state index in [1.54, 1.807) is 25.3 Å². The van der Waals surface area contributed by atoms with Crippen molar-refractivity contribution in [3.8, 4) is 0 Å². The number of rotatable bonds is 2. The van der Waals surface area contributed by atoms with Gasteiger partial charge in [0.1, 0.15) is 4.60 Å². The molecule has 0 aliphatic rings. The van der Waals surface area contributed by atoms with E-state index in [0.717, 1.165) is 0 Å². The van der Waals surface area contributed by atoms with Crippen molar-refractivity contribution in [3.63, 3.8) is 0 Å². The van der Waals surface area contributed by atoms with E-state index in [1.165, 1.54) is 4.90 Å². The van der Waals surface area contributed by atoms with Gasteiger partial charge in [-0.15, -0.1) is 0 Å². The topological polar surface area (TPSA) is 53.4 Å². The summed E-state index contributed by atoms with van der Waals surface area (Å²) in [5.41, 5.74) is 0.567. The highest BCUT2D eigenvalue weighted by Gasteiger charge is 2.14. The van der Waals surface area contributed by atoms with Crippen LogP contribution in [0.4, 0.5) is 10.5 Å². The van der Waals surface area contributed by atoms with E-state index in [4.69, 9.17) is 5.11 Å². The van der Waals surface area contributed by atoms with Crippen LogP contribution in [0.5, 0.6) is 0 Å². The second-order valence-electron chi connectivity index (χ2n) is 2.34. The van der Waals surface area contributed by atoms with Crippen LogP contribution in [-0.4, -0.2) is 22.7 Å². The van der Waals surface area contributed by atoms with Crippen LogP contribution in [0.2, 0.25) is 0 Å². The third-order valence-corrected chi connectivity index (χ3v) is 2.19. The van der Waals surface area contributed by atoms with Crippen molar-refractivity contribution < 1.29 is 9.90 Å². The molecule has 1 aromatic rings. The third-order valence-electron chi connectivity index (χ3n) is 1.58. The summed E-state index contributed by atoms with van der Waals surface area (Å²) < 4.78 is 0.541. The van der Waals surface area contributed by atoms with E-state index in [1.807, 2.05) is 0 Å². The molecule has 5 heteroatoms. The third kappa shape index (κ3) is 2.18. The molecule has 1 rings (SSSR count). The van der Waals surface area contributed by atoms with Gasteiger partial charge in [-0.2, -0.15) is 0 Å². The fraction of sp³-hybridized carbons (Fsp3) is 0.250. The molecular weight excluding hydrogens is 236 g/mol. The summed E-state index contributed by atoms with van der Waals surface area (Å²) in [5.74, 6) is 0. The maximum Gasteiger partial charge on any atom is 0.411 e. The molecule has 1 amide bonds. The Kier molecular flexibility index (Phi) is 3.25. The maximum absolute atomic E-state index is 10.8. The minimum absolute atomic E-state index is 0.402. The summed E-state index contributed by atoms with van der Waals surface area (Å²) >= 11 is 3.19. The van der Waals surface area contributed by atoms with Gasteiger partial charge in [0.15, 0.2) is 0 Å². The number of hydrogen-bond acceptors (Lipinski definition) is 2. The zero-order valence-electron chi connectivity index (χ0n) is 7.07. The van der Waals surface area contributed by atoms with E-state index >= 15 is 0 Å². The van der Waals surface area contributed by atoms with Gasteiger partial charge in [-0.25, -0.2) is 9.78 Å². The second-order valence-corrected chi connectivity index (χ2v) is 3.09. The smallest absolute Gasteiger partial charge is 0.411 e. The van der Waals surface area contributed by atoms with Gasteiger partial charge in [0.25, 0.3) is 0 Å². The molecule has 0 saturated heterocycles. The molecule has 0 saturated carbocycles. The summed E-state index contributed by atoms with van der Waals surface area (Å²) in [6.07, 6.45) is 0.625. The summed E-state index contributed by atoms with van der Waals surface area (Å²) in [7, 11) is 0. The minimum Gasteiger partial charge on any atom is -0.465 e. The lowest BCUT2D eigenvalue weighted by molar-refractivity contribution is 0.202. The summed E-state index contributed by atoms with van der Waals surface area (Å²) in [6.45, 7) is 2.17. The molecule has 0 aliphatic heterocycles. The van der Waals surface area contributed by atoms with E-state index < -0.39 is 6.09 Å². The lowest BCUT2D eigenvalue weighted by atomic mass is 10.4. The van der Waals surface area contributed by atoms with Crippen molar-refractivity contribution in [2.45, 2.75) is 6.92 Å². The highest BCUT2D eigenvalue weighted by Crippen LogP contribution is 2.22. The number of nitrogens with zero attached hydrogens (tertiary/aromatic N) is 2. The van der Waals surface area contributed by atoms with E-state index in [0.29, 0.717) is 16.8 Å². The van der Waals surface area contributed by atoms with Gasteiger partial charge in [-0.05, 0) is 35.0 Å². The Bertz CT molecular complexity index is 317. The SMILES string of the molecule is CCN(C(=O)O)c1cccnc1Br. The van der Waals surface area contributed by atoms with Crippen LogP contribution >= 0.6 is 15.9 Å². The molecule has 1 heterocycles. The largest absolute Gasteiger partial charge is 0.465 e.